The van der Waals surface area contributed by atoms with Gasteiger partial charge in [-0.3, -0.25) is 0 Å². The van der Waals surface area contributed by atoms with Crippen LogP contribution >= 0.6 is 0 Å². The summed E-state index contributed by atoms with van der Waals surface area (Å²) in [5.41, 5.74) is 9.14. The Morgan fingerprint density at radius 2 is 1.89 bits per heavy atom. The van der Waals surface area contributed by atoms with E-state index in [-0.39, 0.29) is 5.41 Å². The lowest BCUT2D eigenvalue weighted by molar-refractivity contribution is 0.381. The number of anilines is 1. The van der Waals surface area contributed by atoms with Crippen molar-refractivity contribution in [3.8, 4) is 0 Å². The zero-order valence-electron chi connectivity index (χ0n) is 12.1. The van der Waals surface area contributed by atoms with Crippen molar-refractivity contribution in [2.24, 2.45) is 11.7 Å². The predicted molar refractivity (Wildman–Crippen MR) is 79.1 cm³/mol. The molecule has 2 heteroatoms. The molecule has 1 heterocycles. The van der Waals surface area contributed by atoms with E-state index >= 15 is 0 Å². The van der Waals surface area contributed by atoms with E-state index in [4.69, 9.17) is 5.73 Å². The van der Waals surface area contributed by atoms with Crippen LogP contribution in [0.4, 0.5) is 5.69 Å². The highest BCUT2D eigenvalue weighted by atomic mass is 15.1. The van der Waals surface area contributed by atoms with E-state index in [0.717, 1.165) is 19.5 Å². The van der Waals surface area contributed by atoms with Crippen LogP contribution in [0.1, 0.15) is 39.7 Å². The Morgan fingerprint density at radius 1 is 1.22 bits per heavy atom. The van der Waals surface area contributed by atoms with Gasteiger partial charge in [-0.15, -0.1) is 0 Å². The molecule has 100 valence electrons. The van der Waals surface area contributed by atoms with Crippen LogP contribution < -0.4 is 10.6 Å². The maximum Gasteiger partial charge on any atom is 0.0404 e. The third-order valence-corrected chi connectivity index (χ3v) is 4.02. The van der Waals surface area contributed by atoms with Crippen LogP contribution in [0.15, 0.2) is 24.3 Å². The molecule has 0 bridgehead atoms. The Morgan fingerprint density at radius 3 is 2.50 bits per heavy atom. The van der Waals surface area contributed by atoms with Gasteiger partial charge in [-0.05, 0) is 29.4 Å². The third-order valence-electron chi connectivity index (χ3n) is 4.02. The van der Waals surface area contributed by atoms with Crippen LogP contribution in [-0.2, 0) is 5.41 Å². The molecule has 0 aromatic heterocycles. The van der Waals surface area contributed by atoms with Crippen molar-refractivity contribution in [3.63, 3.8) is 0 Å². The molecule has 1 aromatic rings. The molecule has 1 aliphatic heterocycles. The van der Waals surface area contributed by atoms with Crippen molar-refractivity contribution in [3.05, 3.63) is 29.8 Å². The third kappa shape index (κ3) is 2.69. The molecule has 1 saturated heterocycles. The summed E-state index contributed by atoms with van der Waals surface area (Å²) in [5, 5.41) is 0. The fraction of sp³-hybridized carbons (Fsp3) is 0.625. The van der Waals surface area contributed by atoms with Crippen LogP contribution in [0.2, 0.25) is 0 Å². The quantitative estimate of drug-likeness (QED) is 0.824. The number of nitrogens with zero attached hydrogens (tertiary/aromatic N) is 1. The van der Waals surface area contributed by atoms with Crippen LogP contribution in [0.3, 0.4) is 0 Å². The summed E-state index contributed by atoms with van der Waals surface area (Å²) >= 11 is 0. The van der Waals surface area contributed by atoms with Gasteiger partial charge in [-0.2, -0.15) is 0 Å². The number of rotatable bonds is 1. The fourth-order valence-electron chi connectivity index (χ4n) is 2.77. The van der Waals surface area contributed by atoms with E-state index in [1.54, 1.807) is 0 Å². The number of piperidine rings is 1. The molecule has 1 aromatic carbocycles. The van der Waals surface area contributed by atoms with E-state index in [2.05, 4.69) is 56.9 Å². The first-order valence-corrected chi connectivity index (χ1v) is 6.99. The molecular weight excluding hydrogens is 220 g/mol. The first-order chi connectivity index (χ1) is 8.39. The molecule has 0 aliphatic carbocycles. The van der Waals surface area contributed by atoms with Gasteiger partial charge in [0, 0.05) is 24.8 Å². The molecule has 2 rings (SSSR count). The average molecular weight is 246 g/mol. The minimum atomic E-state index is 0.194. The lowest BCUT2D eigenvalue weighted by atomic mass is 9.84. The van der Waals surface area contributed by atoms with Crippen molar-refractivity contribution < 1.29 is 0 Å². The molecule has 0 amide bonds. The van der Waals surface area contributed by atoms with E-state index in [0.29, 0.717) is 12.0 Å². The van der Waals surface area contributed by atoms with E-state index in [1.165, 1.54) is 11.3 Å². The molecule has 1 fully saturated rings. The van der Waals surface area contributed by atoms with Crippen molar-refractivity contribution >= 4 is 5.69 Å². The van der Waals surface area contributed by atoms with Gasteiger partial charge in [0.25, 0.3) is 0 Å². The SMILES string of the molecule is CC1CN(c2ccccc2C(C)(C)C)CCC1N. The van der Waals surface area contributed by atoms with Gasteiger partial charge in [0.1, 0.15) is 0 Å². The zero-order valence-corrected chi connectivity index (χ0v) is 12.1. The summed E-state index contributed by atoms with van der Waals surface area (Å²) < 4.78 is 0. The summed E-state index contributed by atoms with van der Waals surface area (Å²) in [6, 6.07) is 9.16. The fourth-order valence-corrected chi connectivity index (χ4v) is 2.77. The number of para-hydroxylation sites is 1. The van der Waals surface area contributed by atoms with Crippen LogP contribution in [0.25, 0.3) is 0 Å². The monoisotopic (exact) mass is 246 g/mol. The Bertz CT molecular complexity index is 406. The average Bonchev–Trinajstić information content (AvgIpc) is 2.32. The molecule has 2 unspecified atom stereocenters. The highest BCUT2D eigenvalue weighted by Crippen LogP contribution is 2.33. The molecule has 0 spiro atoms. The van der Waals surface area contributed by atoms with Gasteiger partial charge in [0.15, 0.2) is 0 Å². The summed E-state index contributed by atoms with van der Waals surface area (Å²) in [7, 11) is 0. The maximum absolute atomic E-state index is 6.12. The Hall–Kier alpha value is -1.02. The van der Waals surface area contributed by atoms with Crippen LogP contribution in [0, 0.1) is 5.92 Å². The molecular formula is C16H26N2. The lowest BCUT2D eigenvalue weighted by Gasteiger charge is -2.39. The minimum Gasteiger partial charge on any atom is -0.371 e. The predicted octanol–water partition coefficient (Wildman–Crippen LogP) is 3.16. The number of benzene rings is 1. The number of hydrogen-bond acceptors (Lipinski definition) is 2. The van der Waals surface area contributed by atoms with Crippen LogP contribution in [0.5, 0.6) is 0 Å². The van der Waals surface area contributed by atoms with Crippen molar-refractivity contribution in [1.82, 2.24) is 0 Å². The topological polar surface area (TPSA) is 29.3 Å². The van der Waals surface area contributed by atoms with Gasteiger partial charge in [0.2, 0.25) is 0 Å². The van der Waals surface area contributed by atoms with Crippen LogP contribution in [-0.4, -0.2) is 19.1 Å². The first-order valence-electron chi connectivity index (χ1n) is 6.99. The maximum atomic E-state index is 6.12. The normalized spacial score (nSPS) is 25.3. The largest absolute Gasteiger partial charge is 0.371 e. The van der Waals surface area contributed by atoms with Crippen molar-refractivity contribution in [2.75, 3.05) is 18.0 Å². The Labute approximate surface area is 111 Å². The van der Waals surface area contributed by atoms with E-state index < -0.39 is 0 Å². The summed E-state index contributed by atoms with van der Waals surface area (Å²) in [5.74, 6) is 0.576. The van der Waals surface area contributed by atoms with Gasteiger partial charge >= 0.3 is 0 Å². The number of hydrogen-bond donors (Lipinski definition) is 1. The zero-order chi connectivity index (χ0) is 13.3. The Kier molecular flexibility index (Phi) is 3.67. The molecule has 18 heavy (non-hydrogen) atoms. The summed E-state index contributed by atoms with van der Waals surface area (Å²) in [6.07, 6.45) is 1.10. The minimum absolute atomic E-state index is 0.194. The smallest absolute Gasteiger partial charge is 0.0404 e. The van der Waals surface area contributed by atoms with Crippen molar-refractivity contribution in [2.45, 2.75) is 45.6 Å². The highest BCUT2D eigenvalue weighted by Gasteiger charge is 2.26. The first kappa shape index (κ1) is 13.4. The standard InChI is InChI=1S/C16H26N2/c1-12-11-18(10-9-14(12)17)15-8-6-5-7-13(15)16(2,3)4/h5-8,12,14H,9-11,17H2,1-4H3. The second-order valence-electron chi connectivity index (χ2n) is 6.64. The molecule has 1 aliphatic rings. The summed E-state index contributed by atoms with van der Waals surface area (Å²) in [6.45, 7) is 11.3. The molecule has 2 N–H and O–H groups in total. The molecule has 2 atom stereocenters. The molecule has 2 nitrogen and oxygen atoms in total. The summed E-state index contributed by atoms with van der Waals surface area (Å²) in [4.78, 5) is 2.51. The van der Waals surface area contributed by atoms with Crippen molar-refractivity contribution in [1.29, 1.82) is 0 Å². The van der Waals surface area contributed by atoms with Gasteiger partial charge in [0.05, 0.1) is 0 Å². The van der Waals surface area contributed by atoms with E-state index in [1.807, 2.05) is 0 Å². The van der Waals surface area contributed by atoms with E-state index in [9.17, 15) is 0 Å². The molecule has 0 saturated carbocycles. The highest BCUT2D eigenvalue weighted by molar-refractivity contribution is 5.56. The number of nitrogens with two attached hydrogens (primary N) is 1. The molecule has 0 radical (unpaired) electrons. The van der Waals surface area contributed by atoms with Gasteiger partial charge in [-0.25, -0.2) is 0 Å². The second kappa shape index (κ2) is 4.93. The second-order valence-corrected chi connectivity index (χ2v) is 6.64. The van der Waals surface area contributed by atoms with Gasteiger partial charge < -0.3 is 10.6 Å². The Balaban J connectivity index is 2.29. The van der Waals surface area contributed by atoms with Gasteiger partial charge in [-0.1, -0.05) is 45.9 Å². The lowest BCUT2D eigenvalue weighted by Crippen LogP contribution is -2.46.